The van der Waals surface area contributed by atoms with Crippen LogP contribution in [0.4, 0.5) is 11.4 Å². The van der Waals surface area contributed by atoms with E-state index in [0.29, 0.717) is 0 Å². The molecule has 0 amide bonds. The Balaban J connectivity index is 1.10. The lowest BCUT2D eigenvalue weighted by Gasteiger charge is -2.31. The van der Waals surface area contributed by atoms with Crippen LogP contribution in [0.3, 0.4) is 0 Å². The van der Waals surface area contributed by atoms with Gasteiger partial charge >= 0.3 is 0 Å². The van der Waals surface area contributed by atoms with Crippen LogP contribution >= 0.6 is 0 Å². The van der Waals surface area contributed by atoms with Crippen molar-refractivity contribution in [3.05, 3.63) is 130 Å². The number of nitrogens with zero attached hydrogens (tertiary/aromatic N) is 2. The van der Waals surface area contributed by atoms with E-state index >= 15 is 0 Å². The largest absolute Gasteiger partial charge is 0.367 e. The summed E-state index contributed by atoms with van der Waals surface area (Å²) in [6, 6.07) is 36.1. The van der Waals surface area contributed by atoms with Crippen molar-refractivity contribution in [2.24, 2.45) is 0 Å². The SMILES string of the molecule is c1ccc2c(c1)CCN(c1ccc(Cc3ccc(N4CCc5ccccc5C4)cc3)cc1)C2. The van der Waals surface area contributed by atoms with E-state index < -0.39 is 0 Å². The summed E-state index contributed by atoms with van der Waals surface area (Å²) in [6.45, 7) is 4.22. The van der Waals surface area contributed by atoms with Crippen LogP contribution in [0, 0.1) is 0 Å². The summed E-state index contributed by atoms with van der Waals surface area (Å²) >= 11 is 0. The van der Waals surface area contributed by atoms with Gasteiger partial charge in [-0.25, -0.2) is 0 Å². The van der Waals surface area contributed by atoms with Gasteiger partial charge in [0.05, 0.1) is 0 Å². The van der Waals surface area contributed by atoms with Crippen LogP contribution in [0.2, 0.25) is 0 Å². The lowest BCUT2D eigenvalue weighted by Crippen LogP contribution is -2.30. The minimum atomic E-state index is 0.978. The van der Waals surface area contributed by atoms with Crippen molar-refractivity contribution in [1.82, 2.24) is 0 Å². The first kappa shape index (κ1) is 20.1. The van der Waals surface area contributed by atoms with Crippen LogP contribution < -0.4 is 9.80 Å². The third-order valence-electron chi connectivity index (χ3n) is 7.27. The minimum absolute atomic E-state index is 0.978. The molecule has 0 saturated heterocycles. The quantitative estimate of drug-likeness (QED) is 0.369. The number of benzene rings is 4. The van der Waals surface area contributed by atoms with Gasteiger partial charge in [-0.1, -0.05) is 72.8 Å². The number of fused-ring (bicyclic) bond motifs is 2. The van der Waals surface area contributed by atoms with Crippen LogP contribution in [-0.4, -0.2) is 13.1 Å². The monoisotopic (exact) mass is 430 g/mol. The molecule has 0 radical (unpaired) electrons. The van der Waals surface area contributed by atoms with Crippen molar-refractivity contribution >= 4 is 11.4 Å². The first-order valence-electron chi connectivity index (χ1n) is 12.1. The molecule has 0 aliphatic carbocycles. The lowest BCUT2D eigenvalue weighted by molar-refractivity contribution is 0.731. The molecule has 2 aliphatic heterocycles. The Bertz CT molecular complexity index is 1140. The number of anilines is 2. The van der Waals surface area contributed by atoms with Gasteiger partial charge in [-0.3, -0.25) is 0 Å². The number of hydrogen-bond acceptors (Lipinski definition) is 2. The van der Waals surface area contributed by atoms with E-state index in [1.165, 1.54) is 44.8 Å². The van der Waals surface area contributed by atoms with E-state index in [-0.39, 0.29) is 0 Å². The maximum atomic E-state index is 2.50. The van der Waals surface area contributed by atoms with Gasteiger partial charge in [0.1, 0.15) is 0 Å². The van der Waals surface area contributed by atoms with Gasteiger partial charge < -0.3 is 9.80 Å². The fourth-order valence-corrected chi connectivity index (χ4v) is 5.32. The van der Waals surface area contributed by atoms with E-state index in [2.05, 4.69) is 107 Å². The molecule has 0 aromatic heterocycles. The molecule has 164 valence electrons. The van der Waals surface area contributed by atoms with E-state index in [1.54, 1.807) is 0 Å². The summed E-state index contributed by atoms with van der Waals surface area (Å²) in [6.07, 6.45) is 3.24. The van der Waals surface area contributed by atoms with Crippen molar-refractivity contribution in [2.75, 3.05) is 22.9 Å². The summed E-state index contributed by atoms with van der Waals surface area (Å²) in [5, 5.41) is 0. The smallest absolute Gasteiger partial charge is 0.0432 e. The summed E-state index contributed by atoms with van der Waals surface area (Å²) in [5.74, 6) is 0. The van der Waals surface area contributed by atoms with Gasteiger partial charge in [-0.05, 0) is 76.9 Å². The highest BCUT2D eigenvalue weighted by atomic mass is 15.1. The molecule has 2 heteroatoms. The summed E-state index contributed by atoms with van der Waals surface area (Å²) < 4.78 is 0. The summed E-state index contributed by atoms with van der Waals surface area (Å²) in [5.41, 5.74) is 11.3. The second-order valence-corrected chi connectivity index (χ2v) is 9.39. The predicted molar refractivity (Wildman–Crippen MR) is 138 cm³/mol. The normalized spacial score (nSPS) is 15.2. The van der Waals surface area contributed by atoms with Gasteiger partial charge in [0.2, 0.25) is 0 Å². The molecular formula is C31H30N2. The fraction of sp³-hybridized carbons (Fsp3) is 0.226. The van der Waals surface area contributed by atoms with Crippen LogP contribution in [0.15, 0.2) is 97.1 Å². The third-order valence-corrected chi connectivity index (χ3v) is 7.27. The van der Waals surface area contributed by atoms with Crippen LogP contribution in [0.25, 0.3) is 0 Å². The minimum Gasteiger partial charge on any atom is -0.367 e. The molecule has 0 fully saturated rings. The maximum absolute atomic E-state index is 2.50. The second-order valence-electron chi connectivity index (χ2n) is 9.39. The summed E-state index contributed by atoms with van der Waals surface area (Å²) in [7, 11) is 0. The molecule has 0 unspecified atom stereocenters. The van der Waals surface area contributed by atoms with Crippen molar-refractivity contribution in [2.45, 2.75) is 32.4 Å². The first-order chi connectivity index (χ1) is 16.3. The van der Waals surface area contributed by atoms with Crippen LogP contribution in [0.1, 0.15) is 33.4 Å². The highest BCUT2D eigenvalue weighted by Crippen LogP contribution is 2.27. The lowest BCUT2D eigenvalue weighted by atomic mass is 9.98. The Hall–Kier alpha value is -3.52. The molecular weight excluding hydrogens is 400 g/mol. The Labute approximate surface area is 197 Å². The Kier molecular flexibility index (Phi) is 5.35. The van der Waals surface area contributed by atoms with Crippen molar-refractivity contribution < 1.29 is 0 Å². The molecule has 4 aromatic rings. The zero-order valence-corrected chi connectivity index (χ0v) is 19.1. The standard InChI is InChI=1S/C31H30N2/c1-3-7-28-22-32(19-17-26(28)5-1)30-13-9-24(10-14-30)21-25-11-15-31(16-12-25)33-20-18-27-6-2-4-8-29(27)23-33/h1-16H,17-23H2. The number of hydrogen-bond donors (Lipinski definition) is 0. The van der Waals surface area contributed by atoms with E-state index in [4.69, 9.17) is 0 Å². The van der Waals surface area contributed by atoms with E-state index in [0.717, 1.165) is 45.4 Å². The van der Waals surface area contributed by atoms with Crippen molar-refractivity contribution in [1.29, 1.82) is 0 Å². The zero-order valence-electron chi connectivity index (χ0n) is 19.1. The molecule has 0 saturated carbocycles. The molecule has 4 aromatic carbocycles. The molecule has 33 heavy (non-hydrogen) atoms. The first-order valence-corrected chi connectivity index (χ1v) is 12.1. The Morgan fingerprint density at radius 3 is 1.27 bits per heavy atom. The highest BCUT2D eigenvalue weighted by molar-refractivity contribution is 5.53. The Morgan fingerprint density at radius 1 is 0.455 bits per heavy atom. The highest BCUT2D eigenvalue weighted by Gasteiger charge is 2.17. The maximum Gasteiger partial charge on any atom is 0.0432 e. The van der Waals surface area contributed by atoms with Crippen molar-refractivity contribution in [3.63, 3.8) is 0 Å². The average Bonchev–Trinajstić information content (AvgIpc) is 2.89. The van der Waals surface area contributed by atoms with E-state index in [1.807, 2.05) is 0 Å². The molecule has 0 atom stereocenters. The third kappa shape index (κ3) is 4.26. The van der Waals surface area contributed by atoms with Gasteiger partial charge in [0, 0.05) is 37.6 Å². The molecule has 0 spiro atoms. The molecule has 0 bridgehead atoms. The molecule has 6 rings (SSSR count). The van der Waals surface area contributed by atoms with Gasteiger partial charge in [-0.2, -0.15) is 0 Å². The molecule has 0 N–H and O–H groups in total. The van der Waals surface area contributed by atoms with Crippen LogP contribution in [-0.2, 0) is 32.4 Å². The van der Waals surface area contributed by atoms with Crippen molar-refractivity contribution in [3.8, 4) is 0 Å². The molecule has 2 heterocycles. The Morgan fingerprint density at radius 2 is 0.848 bits per heavy atom. The second kappa shape index (κ2) is 8.78. The van der Waals surface area contributed by atoms with E-state index in [9.17, 15) is 0 Å². The predicted octanol–water partition coefficient (Wildman–Crippen LogP) is 6.40. The number of rotatable bonds is 4. The van der Waals surface area contributed by atoms with Gasteiger partial charge in [0.15, 0.2) is 0 Å². The molecule has 2 aliphatic rings. The molecule has 2 nitrogen and oxygen atoms in total. The zero-order chi connectivity index (χ0) is 22.0. The summed E-state index contributed by atoms with van der Waals surface area (Å²) in [4.78, 5) is 5.00. The average molecular weight is 431 g/mol. The van der Waals surface area contributed by atoms with Gasteiger partial charge in [0.25, 0.3) is 0 Å². The van der Waals surface area contributed by atoms with Crippen LogP contribution in [0.5, 0.6) is 0 Å². The van der Waals surface area contributed by atoms with Gasteiger partial charge in [-0.15, -0.1) is 0 Å². The fourth-order valence-electron chi connectivity index (χ4n) is 5.32. The topological polar surface area (TPSA) is 6.48 Å².